The second-order valence-corrected chi connectivity index (χ2v) is 7.20. The number of nitrogens with zero attached hydrogens (tertiary/aromatic N) is 1. The molecule has 5 nitrogen and oxygen atoms in total. The predicted octanol–water partition coefficient (Wildman–Crippen LogP) is 3.48. The van der Waals surface area contributed by atoms with Crippen molar-refractivity contribution in [3.63, 3.8) is 0 Å². The minimum Gasteiger partial charge on any atom is -0.494 e. The molecule has 7 heteroatoms. The van der Waals surface area contributed by atoms with Crippen LogP contribution in [0.15, 0.2) is 41.4 Å². The Morgan fingerprint density at radius 2 is 2.09 bits per heavy atom. The van der Waals surface area contributed by atoms with Gasteiger partial charge in [-0.05, 0) is 50.1 Å². The van der Waals surface area contributed by atoms with E-state index in [1.54, 1.807) is 13.8 Å². The molecule has 1 heterocycles. The maximum Gasteiger partial charge on any atom is 0.242 e. The third-order valence-electron chi connectivity index (χ3n) is 3.30. The van der Waals surface area contributed by atoms with Gasteiger partial charge in [0.1, 0.15) is 15.8 Å². The Morgan fingerprint density at radius 1 is 1.35 bits per heavy atom. The molecule has 0 aliphatic heterocycles. The van der Waals surface area contributed by atoms with Crippen LogP contribution in [0.25, 0.3) is 0 Å². The van der Waals surface area contributed by atoms with Crippen molar-refractivity contribution in [3.8, 4) is 5.75 Å². The Morgan fingerprint density at radius 3 is 2.74 bits per heavy atom. The van der Waals surface area contributed by atoms with Crippen molar-refractivity contribution in [2.24, 2.45) is 0 Å². The van der Waals surface area contributed by atoms with Crippen molar-refractivity contribution in [1.82, 2.24) is 9.71 Å². The summed E-state index contributed by atoms with van der Waals surface area (Å²) < 4.78 is 33.0. The normalized spacial score (nSPS) is 12.9. The van der Waals surface area contributed by atoms with Crippen LogP contribution in [-0.4, -0.2) is 20.0 Å². The number of rotatable bonds is 6. The number of ether oxygens (including phenoxy) is 1. The highest BCUT2D eigenvalue weighted by atomic mass is 35.5. The largest absolute Gasteiger partial charge is 0.494 e. The average molecular weight is 355 g/mol. The Hall–Kier alpha value is -1.63. The molecular formula is C16H19ClN2O3S. The van der Waals surface area contributed by atoms with E-state index < -0.39 is 16.1 Å². The average Bonchev–Trinajstić information content (AvgIpc) is 2.50. The Labute approximate surface area is 141 Å². The van der Waals surface area contributed by atoms with E-state index in [-0.39, 0.29) is 4.90 Å². The van der Waals surface area contributed by atoms with Crippen molar-refractivity contribution < 1.29 is 13.2 Å². The van der Waals surface area contributed by atoms with Gasteiger partial charge in [-0.2, -0.15) is 0 Å². The Kier molecular flexibility index (Phi) is 5.62. The predicted molar refractivity (Wildman–Crippen MR) is 90.3 cm³/mol. The number of aryl methyl sites for hydroxylation is 1. The van der Waals surface area contributed by atoms with Gasteiger partial charge in [-0.15, -0.1) is 0 Å². The van der Waals surface area contributed by atoms with Gasteiger partial charge in [0.15, 0.2) is 0 Å². The molecule has 0 amide bonds. The maximum absolute atomic E-state index is 12.5. The molecule has 0 fully saturated rings. The van der Waals surface area contributed by atoms with Crippen molar-refractivity contribution in [1.29, 1.82) is 0 Å². The van der Waals surface area contributed by atoms with Crippen LogP contribution in [0.1, 0.15) is 31.0 Å². The summed E-state index contributed by atoms with van der Waals surface area (Å²) in [6, 6.07) is 8.43. The zero-order valence-electron chi connectivity index (χ0n) is 13.2. The van der Waals surface area contributed by atoms with E-state index in [1.165, 1.54) is 12.3 Å². The van der Waals surface area contributed by atoms with E-state index in [1.807, 2.05) is 31.2 Å². The van der Waals surface area contributed by atoms with Crippen LogP contribution in [0.3, 0.4) is 0 Å². The van der Waals surface area contributed by atoms with Crippen LogP contribution >= 0.6 is 11.6 Å². The van der Waals surface area contributed by atoms with Crippen molar-refractivity contribution in [3.05, 3.63) is 52.8 Å². The van der Waals surface area contributed by atoms with E-state index in [0.717, 1.165) is 5.56 Å². The number of pyridine rings is 1. The summed E-state index contributed by atoms with van der Waals surface area (Å²) in [6.45, 7) is 5.94. The summed E-state index contributed by atoms with van der Waals surface area (Å²) >= 11 is 5.84. The van der Waals surface area contributed by atoms with Crippen molar-refractivity contribution in [2.45, 2.75) is 31.7 Å². The smallest absolute Gasteiger partial charge is 0.242 e. The molecule has 0 saturated heterocycles. The van der Waals surface area contributed by atoms with Crippen molar-refractivity contribution >= 4 is 21.6 Å². The lowest BCUT2D eigenvalue weighted by Crippen LogP contribution is -2.27. The molecule has 1 aromatic heterocycles. The van der Waals surface area contributed by atoms with Crippen LogP contribution in [0.2, 0.25) is 5.15 Å². The molecule has 2 aromatic rings. The summed E-state index contributed by atoms with van der Waals surface area (Å²) in [7, 11) is -3.68. The third kappa shape index (κ3) is 4.43. The molecule has 2 rings (SSSR count). The summed E-state index contributed by atoms with van der Waals surface area (Å²) in [5, 5.41) is 0.293. The first kappa shape index (κ1) is 17.7. The molecule has 1 N–H and O–H groups in total. The second kappa shape index (κ2) is 7.29. The first-order valence-corrected chi connectivity index (χ1v) is 9.07. The number of aromatic nitrogens is 1. The highest BCUT2D eigenvalue weighted by Gasteiger charge is 2.20. The molecule has 1 atom stereocenters. The Bertz CT molecular complexity index is 794. The monoisotopic (exact) mass is 354 g/mol. The fourth-order valence-electron chi connectivity index (χ4n) is 2.09. The molecule has 0 aliphatic carbocycles. The first-order chi connectivity index (χ1) is 10.8. The van der Waals surface area contributed by atoms with Gasteiger partial charge in [0, 0.05) is 12.2 Å². The van der Waals surface area contributed by atoms with E-state index in [9.17, 15) is 8.42 Å². The third-order valence-corrected chi connectivity index (χ3v) is 5.20. The zero-order chi connectivity index (χ0) is 17.0. The minimum atomic E-state index is -3.68. The first-order valence-electron chi connectivity index (χ1n) is 7.20. The molecule has 0 aliphatic rings. The van der Waals surface area contributed by atoms with Crippen molar-refractivity contribution in [2.75, 3.05) is 6.61 Å². The van der Waals surface area contributed by atoms with E-state index in [4.69, 9.17) is 16.3 Å². The summed E-state index contributed by atoms with van der Waals surface area (Å²) in [6.07, 6.45) is 1.25. The Balaban J connectivity index is 2.22. The van der Waals surface area contributed by atoms with Gasteiger partial charge in [0.05, 0.1) is 6.61 Å². The van der Waals surface area contributed by atoms with Gasteiger partial charge in [-0.1, -0.05) is 23.7 Å². The molecule has 0 bridgehead atoms. The van der Waals surface area contributed by atoms with Gasteiger partial charge in [0.2, 0.25) is 10.0 Å². The van der Waals surface area contributed by atoms with E-state index >= 15 is 0 Å². The van der Waals surface area contributed by atoms with Crippen LogP contribution in [0, 0.1) is 6.92 Å². The van der Waals surface area contributed by atoms with Gasteiger partial charge >= 0.3 is 0 Å². The number of sulfonamides is 1. The molecule has 1 unspecified atom stereocenters. The fourth-order valence-corrected chi connectivity index (χ4v) is 3.45. The number of hydrogen-bond donors (Lipinski definition) is 1. The van der Waals surface area contributed by atoms with Gasteiger partial charge < -0.3 is 4.74 Å². The van der Waals surface area contributed by atoms with Crippen LogP contribution in [0.5, 0.6) is 5.75 Å². The molecule has 124 valence electrons. The number of nitrogens with one attached hydrogen (secondary N) is 1. The summed E-state index contributed by atoms with van der Waals surface area (Å²) in [5.74, 6) is 0.708. The number of benzene rings is 1. The zero-order valence-corrected chi connectivity index (χ0v) is 14.8. The van der Waals surface area contributed by atoms with Gasteiger partial charge in [0.25, 0.3) is 0 Å². The minimum absolute atomic E-state index is 0.0900. The topological polar surface area (TPSA) is 68.3 Å². The maximum atomic E-state index is 12.5. The lowest BCUT2D eigenvalue weighted by molar-refractivity contribution is 0.339. The molecule has 23 heavy (non-hydrogen) atoms. The quantitative estimate of drug-likeness (QED) is 0.806. The second-order valence-electron chi connectivity index (χ2n) is 5.13. The highest BCUT2D eigenvalue weighted by Crippen LogP contribution is 2.22. The van der Waals surface area contributed by atoms with E-state index in [2.05, 4.69) is 9.71 Å². The molecular weight excluding hydrogens is 336 g/mol. The van der Waals surface area contributed by atoms with Gasteiger partial charge in [-0.3, -0.25) is 0 Å². The molecule has 0 saturated carbocycles. The number of halogens is 1. The molecule has 0 radical (unpaired) electrons. The summed E-state index contributed by atoms with van der Waals surface area (Å²) in [5.41, 5.74) is 1.43. The highest BCUT2D eigenvalue weighted by molar-refractivity contribution is 7.89. The number of hydrogen-bond acceptors (Lipinski definition) is 4. The standard InChI is InChI=1S/C16H19ClN2O3S/c1-4-22-14-7-5-6-13(9-14)12(3)19-23(20,21)15-8-11(2)16(17)18-10-15/h5-10,12,19H,4H2,1-3H3. The summed E-state index contributed by atoms with van der Waals surface area (Å²) in [4.78, 5) is 3.98. The molecule has 1 aromatic carbocycles. The fraction of sp³-hybridized carbons (Fsp3) is 0.312. The molecule has 0 spiro atoms. The van der Waals surface area contributed by atoms with Crippen LogP contribution < -0.4 is 9.46 Å². The SMILES string of the molecule is CCOc1cccc(C(C)NS(=O)(=O)c2cnc(Cl)c(C)c2)c1. The lowest BCUT2D eigenvalue weighted by Gasteiger charge is -2.16. The van der Waals surface area contributed by atoms with Crippen LogP contribution in [-0.2, 0) is 10.0 Å². The van der Waals surface area contributed by atoms with Gasteiger partial charge in [-0.25, -0.2) is 18.1 Å². The van der Waals surface area contributed by atoms with Crippen LogP contribution in [0.4, 0.5) is 0 Å². The van der Waals surface area contributed by atoms with E-state index in [0.29, 0.717) is 23.1 Å². The lowest BCUT2D eigenvalue weighted by atomic mass is 10.1.